The Kier molecular flexibility index (Phi) is 7.21. The Morgan fingerprint density at radius 3 is 2.58 bits per heavy atom. The van der Waals surface area contributed by atoms with E-state index in [0.29, 0.717) is 31.4 Å². The number of hydrogen-bond donors (Lipinski definition) is 3. The number of rotatable bonds is 7. The van der Waals surface area contributed by atoms with Gasteiger partial charge in [0.05, 0.1) is 31.7 Å². The van der Waals surface area contributed by atoms with Gasteiger partial charge in [0, 0.05) is 48.8 Å². The summed E-state index contributed by atoms with van der Waals surface area (Å²) in [6.45, 7) is 5.55. The molecule has 1 aliphatic rings. The van der Waals surface area contributed by atoms with E-state index in [2.05, 4.69) is 30.8 Å². The predicted octanol–water partition coefficient (Wildman–Crippen LogP) is 3.87. The average Bonchev–Trinajstić information content (AvgIpc) is 2.85. The predicted molar refractivity (Wildman–Crippen MR) is 129 cm³/mol. The molecule has 0 unspecified atom stereocenters. The molecule has 3 N–H and O–H groups in total. The molecule has 0 aliphatic carbocycles. The lowest BCUT2D eigenvalue weighted by molar-refractivity contribution is 0.122. The number of morpholine rings is 1. The maximum Gasteiger partial charge on any atom is 0.319 e. The first-order valence-corrected chi connectivity index (χ1v) is 10.9. The molecular weight excluding hydrogens is 420 g/mol. The summed E-state index contributed by atoms with van der Waals surface area (Å²) < 4.78 is 11.1. The van der Waals surface area contributed by atoms with Gasteiger partial charge in [0.15, 0.2) is 0 Å². The summed E-state index contributed by atoms with van der Waals surface area (Å²) in [5.74, 6) is 1.27. The summed E-state index contributed by atoms with van der Waals surface area (Å²) in [7, 11) is 1.67. The van der Waals surface area contributed by atoms with Crippen molar-refractivity contribution in [2.45, 2.75) is 6.92 Å². The van der Waals surface area contributed by atoms with E-state index in [-0.39, 0.29) is 6.03 Å². The largest absolute Gasteiger partial charge is 0.495 e. The van der Waals surface area contributed by atoms with Crippen LogP contribution in [0.3, 0.4) is 0 Å². The topological polar surface area (TPSA) is 101 Å². The third-order valence-electron chi connectivity index (χ3n) is 5.22. The molecule has 3 aromatic rings. The molecule has 2 aromatic carbocycles. The van der Waals surface area contributed by atoms with Crippen molar-refractivity contribution < 1.29 is 14.3 Å². The lowest BCUT2D eigenvalue weighted by Crippen LogP contribution is -2.36. The molecule has 0 spiro atoms. The van der Waals surface area contributed by atoms with E-state index in [9.17, 15) is 4.79 Å². The second kappa shape index (κ2) is 10.6. The smallest absolute Gasteiger partial charge is 0.319 e. The van der Waals surface area contributed by atoms with Crippen LogP contribution in [0.1, 0.15) is 6.92 Å². The molecule has 0 radical (unpaired) electrons. The van der Waals surface area contributed by atoms with Gasteiger partial charge < -0.3 is 30.3 Å². The molecule has 4 rings (SSSR count). The number of nitrogens with one attached hydrogen (secondary N) is 3. The van der Waals surface area contributed by atoms with E-state index in [1.807, 2.05) is 55.5 Å². The highest BCUT2D eigenvalue weighted by atomic mass is 16.5. The SMILES string of the molecule is CCNC(=O)Nc1ccc(-c2ccnc(Nc3ccc(N4CCOCC4)c(OC)c3)n2)cc1. The minimum atomic E-state index is -0.228. The molecule has 1 fully saturated rings. The molecule has 172 valence electrons. The number of nitrogens with zero attached hydrogens (tertiary/aromatic N) is 3. The summed E-state index contributed by atoms with van der Waals surface area (Å²) in [6, 6.07) is 15.1. The third kappa shape index (κ3) is 5.69. The van der Waals surface area contributed by atoms with Gasteiger partial charge in [-0.3, -0.25) is 0 Å². The molecule has 1 aromatic heterocycles. The van der Waals surface area contributed by atoms with Gasteiger partial charge in [0.25, 0.3) is 0 Å². The van der Waals surface area contributed by atoms with Gasteiger partial charge in [-0.05, 0) is 37.3 Å². The number of amides is 2. The Morgan fingerprint density at radius 1 is 1.09 bits per heavy atom. The number of ether oxygens (including phenoxy) is 2. The Morgan fingerprint density at radius 2 is 1.85 bits per heavy atom. The molecule has 1 aliphatic heterocycles. The molecule has 1 saturated heterocycles. The Bertz CT molecular complexity index is 1080. The standard InChI is InChI=1S/C24H28N6O3/c1-3-25-24(31)28-18-6-4-17(5-7-18)20-10-11-26-23(29-20)27-19-8-9-21(22(16-19)32-2)30-12-14-33-15-13-30/h4-11,16H,3,12-15H2,1-2H3,(H2,25,28,31)(H,26,27,29). The monoisotopic (exact) mass is 448 g/mol. The Labute approximate surface area is 193 Å². The minimum Gasteiger partial charge on any atom is -0.495 e. The van der Waals surface area contributed by atoms with Crippen LogP contribution in [-0.4, -0.2) is 56.0 Å². The van der Waals surface area contributed by atoms with Gasteiger partial charge in [0.2, 0.25) is 5.95 Å². The van der Waals surface area contributed by atoms with Crippen molar-refractivity contribution in [3.63, 3.8) is 0 Å². The van der Waals surface area contributed by atoms with Gasteiger partial charge in [0.1, 0.15) is 5.75 Å². The Hall–Kier alpha value is -3.85. The third-order valence-corrected chi connectivity index (χ3v) is 5.22. The lowest BCUT2D eigenvalue weighted by Gasteiger charge is -2.30. The zero-order valence-electron chi connectivity index (χ0n) is 18.8. The molecule has 2 amide bonds. The molecule has 33 heavy (non-hydrogen) atoms. The fourth-order valence-electron chi connectivity index (χ4n) is 3.59. The summed E-state index contributed by atoms with van der Waals surface area (Å²) in [5, 5.41) is 8.75. The molecule has 2 heterocycles. The van der Waals surface area contributed by atoms with E-state index in [4.69, 9.17) is 9.47 Å². The molecule has 9 nitrogen and oxygen atoms in total. The maximum atomic E-state index is 11.7. The number of hydrogen-bond acceptors (Lipinski definition) is 7. The molecule has 0 bridgehead atoms. The van der Waals surface area contributed by atoms with Crippen LogP contribution >= 0.6 is 0 Å². The molecule has 0 atom stereocenters. The number of carbonyl (C=O) groups excluding carboxylic acids is 1. The molecule has 0 saturated carbocycles. The molecule has 9 heteroatoms. The fraction of sp³-hybridized carbons (Fsp3) is 0.292. The number of carbonyl (C=O) groups is 1. The van der Waals surface area contributed by atoms with Crippen molar-refractivity contribution in [1.82, 2.24) is 15.3 Å². The van der Waals surface area contributed by atoms with Gasteiger partial charge in [-0.15, -0.1) is 0 Å². The van der Waals surface area contributed by atoms with E-state index in [1.54, 1.807) is 13.3 Å². The number of aromatic nitrogens is 2. The van der Waals surface area contributed by atoms with E-state index < -0.39 is 0 Å². The van der Waals surface area contributed by atoms with Crippen LogP contribution in [0.2, 0.25) is 0 Å². The first-order valence-electron chi connectivity index (χ1n) is 10.9. The normalized spacial score (nSPS) is 13.3. The quantitative estimate of drug-likeness (QED) is 0.504. The van der Waals surface area contributed by atoms with Crippen LogP contribution < -0.4 is 25.6 Å². The summed E-state index contributed by atoms with van der Waals surface area (Å²) in [5.41, 5.74) is 4.28. The second-order valence-electron chi connectivity index (χ2n) is 7.44. The van der Waals surface area contributed by atoms with Gasteiger partial charge >= 0.3 is 6.03 Å². The van der Waals surface area contributed by atoms with E-state index in [0.717, 1.165) is 41.5 Å². The van der Waals surface area contributed by atoms with Gasteiger partial charge in [-0.1, -0.05) is 12.1 Å². The summed E-state index contributed by atoms with van der Waals surface area (Å²) in [4.78, 5) is 22.9. The van der Waals surface area contributed by atoms with Crippen molar-refractivity contribution in [2.75, 3.05) is 55.5 Å². The van der Waals surface area contributed by atoms with Crippen LogP contribution in [0.15, 0.2) is 54.7 Å². The number of benzene rings is 2. The number of urea groups is 1. The average molecular weight is 449 g/mol. The van der Waals surface area contributed by atoms with Crippen LogP contribution in [0.4, 0.5) is 27.8 Å². The lowest BCUT2D eigenvalue weighted by atomic mass is 10.1. The van der Waals surface area contributed by atoms with Crippen LogP contribution in [-0.2, 0) is 4.74 Å². The van der Waals surface area contributed by atoms with E-state index >= 15 is 0 Å². The van der Waals surface area contributed by atoms with Crippen molar-refractivity contribution in [2.24, 2.45) is 0 Å². The fourth-order valence-corrected chi connectivity index (χ4v) is 3.59. The van der Waals surface area contributed by atoms with Crippen LogP contribution in [0.5, 0.6) is 5.75 Å². The van der Waals surface area contributed by atoms with Crippen molar-refractivity contribution in [3.05, 3.63) is 54.7 Å². The molecular formula is C24H28N6O3. The highest BCUT2D eigenvalue weighted by Gasteiger charge is 2.16. The number of anilines is 4. The minimum absolute atomic E-state index is 0.228. The van der Waals surface area contributed by atoms with Gasteiger partial charge in [-0.25, -0.2) is 14.8 Å². The summed E-state index contributed by atoms with van der Waals surface area (Å²) >= 11 is 0. The summed E-state index contributed by atoms with van der Waals surface area (Å²) in [6.07, 6.45) is 1.71. The van der Waals surface area contributed by atoms with Crippen molar-refractivity contribution in [1.29, 1.82) is 0 Å². The van der Waals surface area contributed by atoms with Crippen molar-refractivity contribution in [3.8, 4) is 17.0 Å². The highest BCUT2D eigenvalue weighted by molar-refractivity contribution is 5.89. The first-order chi connectivity index (χ1) is 16.2. The van der Waals surface area contributed by atoms with E-state index in [1.165, 1.54) is 0 Å². The Balaban J connectivity index is 1.47. The zero-order valence-corrected chi connectivity index (χ0v) is 18.8. The van der Waals surface area contributed by atoms with Crippen LogP contribution in [0, 0.1) is 0 Å². The maximum absolute atomic E-state index is 11.7. The number of methoxy groups -OCH3 is 1. The zero-order chi connectivity index (χ0) is 23.0. The van der Waals surface area contributed by atoms with Gasteiger partial charge in [-0.2, -0.15) is 0 Å². The highest BCUT2D eigenvalue weighted by Crippen LogP contribution is 2.32. The second-order valence-corrected chi connectivity index (χ2v) is 7.44. The first kappa shape index (κ1) is 22.3. The van der Waals surface area contributed by atoms with Crippen molar-refractivity contribution >= 4 is 29.0 Å². The van der Waals surface area contributed by atoms with Crippen LogP contribution in [0.25, 0.3) is 11.3 Å².